The average Bonchev–Trinajstić information content (AvgIpc) is 2.72. The number of hydrogen-bond acceptors (Lipinski definition) is 5. The number of aromatic nitrogens is 1. The molecule has 0 aromatic carbocycles. The summed E-state index contributed by atoms with van der Waals surface area (Å²) in [5.41, 5.74) is 1.01. The number of rotatable bonds is 6. The minimum atomic E-state index is 0.662. The number of nitrogens with one attached hydrogen (secondary N) is 1. The Morgan fingerprint density at radius 3 is 2.95 bits per heavy atom. The molecule has 5 nitrogen and oxygen atoms in total. The van der Waals surface area contributed by atoms with Crippen LogP contribution in [0.5, 0.6) is 0 Å². The molecule has 1 fully saturated rings. The molecule has 0 spiro atoms. The first-order valence-corrected chi connectivity index (χ1v) is 7.69. The van der Waals surface area contributed by atoms with Crippen LogP contribution in [0.4, 0.5) is 0 Å². The second-order valence-corrected chi connectivity index (χ2v) is 6.24. The molecule has 5 heteroatoms. The molecule has 0 unspecified atom stereocenters. The van der Waals surface area contributed by atoms with Crippen molar-refractivity contribution in [3.63, 3.8) is 0 Å². The molecule has 0 amide bonds. The minimum Gasteiger partial charge on any atom is -0.360 e. The van der Waals surface area contributed by atoms with Crippen LogP contribution < -0.4 is 5.32 Å². The van der Waals surface area contributed by atoms with Gasteiger partial charge in [-0.1, -0.05) is 19.0 Å². The maximum Gasteiger partial charge on any atom is 0.151 e. The minimum absolute atomic E-state index is 0.662. The Morgan fingerprint density at radius 1 is 1.30 bits per heavy atom. The van der Waals surface area contributed by atoms with Crippen LogP contribution in [0.25, 0.3) is 0 Å². The highest BCUT2D eigenvalue weighted by atomic mass is 16.5. The highest BCUT2D eigenvalue weighted by Gasteiger charge is 2.14. The number of likely N-dealkylation sites (N-methyl/N-ethyl adjacent to an activating group) is 1. The zero-order valence-corrected chi connectivity index (χ0v) is 13.1. The zero-order chi connectivity index (χ0) is 14.4. The summed E-state index contributed by atoms with van der Waals surface area (Å²) in [5.74, 6) is 1.64. The monoisotopic (exact) mass is 280 g/mol. The standard InChI is InChI=1S/C15H28N4O/c1-13(2)10-16-11-14-9-15(20-17-14)12-19-6-4-5-18(3)7-8-19/h9,13,16H,4-8,10-12H2,1-3H3. The molecule has 20 heavy (non-hydrogen) atoms. The van der Waals surface area contributed by atoms with E-state index in [1.807, 2.05) is 0 Å². The molecule has 2 rings (SSSR count). The van der Waals surface area contributed by atoms with Crippen molar-refractivity contribution in [1.29, 1.82) is 0 Å². The van der Waals surface area contributed by atoms with Gasteiger partial charge in [-0.15, -0.1) is 0 Å². The lowest BCUT2D eigenvalue weighted by Crippen LogP contribution is -2.28. The summed E-state index contributed by atoms with van der Waals surface area (Å²) in [7, 11) is 2.19. The first-order valence-electron chi connectivity index (χ1n) is 7.69. The predicted molar refractivity (Wildman–Crippen MR) is 80.4 cm³/mol. The van der Waals surface area contributed by atoms with Gasteiger partial charge in [-0.3, -0.25) is 4.90 Å². The topological polar surface area (TPSA) is 44.5 Å². The zero-order valence-electron chi connectivity index (χ0n) is 13.1. The summed E-state index contributed by atoms with van der Waals surface area (Å²) in [4.78, 5) is 4.84. The van der Waals surface area contributed by atoms with E-state index in [1.54, 1.807) is 0 Å². The van der Waals surface area contributed by atoms with Crippen LogP contribution in [0.15, 0.2) is 10.6 Å². The van der Waals surface area contributed by atoms with Crippen LogP contribution in [-0.4, -0.2) is 54.7 Å². The first kappa shape index (κ1) is 15.5. The van der Waals surface area contributed by atoms with Gasteiger partial charge in [0.2, 0.25) is 0 Å². The molecule has 0 atom stereocenters. The summed E-state index contributed by atoms with van der Waals surface area (Å²) in [6, 6.07) is 2.09. The normalized spacial score (nSPS) is 18.6. The van der Waals surface area contributed by atoms with Gasteiger partial charge >= 0.3 is 0 Å². The molecule has 0 radical (unpaired) electrons. The predicted octanol–water partition coefficient (Wildman–Crippen LogP) is 1.56. The lowest BCUT2D eigenvalue weighted by Gasteiger charge is -2.17. The van der Waals surface area contributed by atoms with Crippen LogP contribution in [0.1, 0.15) is 31.7 Å². The molecule has 0 bridgehead atoms. The van der Waals surface area contributed by atoms with Gasteiger partial charge in [-0.2, -0.15) is 0 Å². The van der Waals surface area contributed by atoms with Crippen LogP contribution in [0.3, 0.4) is 0 Å². The highest BCUT2D eigenvalue weighted by molar-refractivity contribution is 5.05. The van der Waals surface area contributed by atoms with Gasteiger partial charge in [-0.25, -0.2) is 0 Å². The van der Waals surface area contributed by atoms with Gasteiger partial charge in [-0.05, 0) is 39.0 Å². The fourth-order valence-electron chi connectivity index (χ4n) is 2.48. The summed E-state index contributed by atoms with van der Waals surface area (Å²) in [5, 5.41) is 7.53. The third-order valence-electron chi connectivity index (χ3n) is 3.66. The number of nitrogens with zero attached hydrogens (tertiary/aromatic N) is 3. The average molecular weight is 280 g/mol. The van der Waals surface area contributed by atoms with Crippen molar-refractivity contribution in [3.05, 3.63) is 17.5 Å². The Labute approximate surface area is 122 Å². The first-order chi connectivity index (χ1) is 9.63. The lowest BCUT2D eigenvalue weighted by molar-refractivity contribution is 0.235. The van der Waals surface area contributed by atoms with Gasteiger partial charge in [0, 0.05) is 25.7 Å². The maximum absolute atomic E-state index is 5.45. The van der Waals surface area contributed by atoms with Crippen molar-refractivity contribution in [2.24, 2.45) is 5.92 Å². The molecule has 1 aliphatic rings. The Kier molecular flexibility index (Phi) is 6.01. The summed E-state index contributed by atoms with van der Waals surface area (Å²) in [6.07, 6.45) is 1.23. The van der Waals surface area contributed by atoms with Crippen LogP contribution in [-0.2, 0) is 13.1 Å². The van der Waals surface area contributed by atoms with Gasteiger partial charge in [0.05, 0.1) is 12.2 Å². The Hall–Kier alpha value is -0.910. The molecule has 0 saturated carbocycles. The smallest absolute Gasteiger partial charge is 0.151 e. The van der Waals surface area contributed by atoms with E-state index in [2.05, 4.69) is 47.2 Å². The molecular formula is C15H28N4O. The van der Waals surface area contributed by atoms with Crippen molar-refractivity contribution in [3.8, 4) is 0 Å². The van der Waals surface area contributed by atoms with E-state index in [4.69, 9.17) is 4.52 Å². The maximum atomic E-state index is 5.45. The van der Waals surface area contributed by atoms with Gasteiger partial charge < -0.3 is 14.7 Å². The van der Waals surface area contributed by atoms with E-state index in [9.17, 15) is 0 Å². The largest absolute Gasteiger partial charge is 0.360 e. The van der Waals surface area contributed by atoms with E-state index < -0.39 is 0 Å². The molecule has 1 aromatic heterocycles. The SMILES string of the molecule is CC(C)CNCc1cc(CN2CCCN(C)CC2)on1. The molecule has 0 aliphatic carbocycles. The van der Waals surface area contributed by atoms with Crippen molar-refractivity contribution in [2.75, 3.05) is 39.8 Å². The number of hydrogen-bond donors (Lipinski definition) is 1. The van der Waals surface area contributed by atoms with Crippen molar-refractivity contribution in [1.82, 2.24) is 20.3 Å². The third-order valence-corrected chi connectivity index (χ3v) is 3.66. The fourth-order valence-corrected chi connectivity index (χ4v) is 2.48. The Bertz CT molecular complexity index is 391. The van der Waals surface area contributed by atoms with Crippen molar-refractivity contribution >= 4 is 0 Å². The molecule has 114 valence electrons. The Morgan fingerprint density at radius 2 is 2.15 bits per heavy atom. The van der Waals surface area contributed by atoms with Crippen molar-refractivity contribution < 1.29 is 4.52 Å². The van der Waals surface area contributed by atoms with Gasteiger partial charge in [0.15, 0.2) is 5.76 Å². The molecule has 1 aliphatic heterocycles. The van der Waals surface area contributed by atoms with Crippen LogP contribution in [0.2, 0.25) is 0 Å². The van der Waals surface area contributed by atoms with E-state index in [1.165, 1.54) is 13.0 Å². The Balaban J connectivity index is 1.77. The lowest BCUT2D eigenvalue weighted by atomic mass is 10.2. The van der Waals surface area contributed by atoms with E-state index in [-0.39, 0.29) is 0 Å². The molecule has 1 N–H and O–H groups in total. The van der Waals surface area contributed by atoms with Crippen LogP contribution in [0, 0.1) is 5.92 Å². The molecule has 1 saturated heterocycles. The van der Waals surface area contributed by atoms with E-state index in [0.717, 1.165) is 50.7 Å². The fraction of sp³-hybridized carbons (Fsp3) is 0.800. The second kappa shape index (κ2) is 7.76. The summed E-state index contributed by atoms with van der Waals surface area (Å²) < 4.78 is 5.45. The molecule has 2 heterocycles. The van der Waals surface area contributed by atoms with Gasteiger partial charge in [0.25, 0.3) is 0 Å². The van der Waals surface area contributed by atoms with E-state index in [0.29, 0.717) is 5.92 Å². The summed E-state index contributed by atoms with van der Waals surface area (Å²) >= 11 is 0. The molecular weight excluding hydrogens is 252 g/mol. The van der Waals surface area contributed by atoms with Gasteiger partial charge in [0.1, 0.15) is 0 Å². The third kappa shape index (κ3) is 5.23. The quantitative estimate of drug-likeness (QED) is 0.857. The second-order valence-electron chi connectivity index (χ2n) is 6.24. The van der Waals surface area contributed by atoms with Crippen LogP contribution >= 0.6 is 0 Å². The summed E-state index contributed by atoms with van der Waals surface area (Å²) in [6.45, 7) is 11.7. The van der Waals surface area contributed by atoms with Crippen molar-refractivity contribution in [2.45, 2.75) is 33.4 Å². The van der Waals surface area contributed by atoms with E-state index >= 15 is 0 Å². The highest BCUT2D eigenvalue weighted by Crippen LogP contribution is 2.10. The molecule has 1 aromatic rings.